The molecule has 0 saturated carbocycles. The third-order valence-electron chi connectivity index (χ3n) is 15.6. The number of phosphoric acid groups is 1. The summed E-state index contributed by atoms with van der Waals surface area (Å²) in [6, 6.07) is 0. The van der Waals surface area contributed by atoms with Gasteiger partial charge in [0.1, 0.15) is 19.8 Å². The monoisotopic (exact) mass is 1220 g/mol. The molecule has 0 aliphatic heterocycles. The molecule has 0 radical (unpaired) electrons. The van der Waals surface area contributed by atoms with E-state index < -0.39 is 26.5 Å². The van der Waals surface area contributed by atoms with Crippen LogP contribution >= 0.6 is 7.82 Å². The lowest BCUT2D eigenvalue weighted by molar-refractivity contribution is -0.870. The van der Waals surface area contributed by atoms with Crippen LogP contribution < -0.4 is 4.89 Å². The summed E-state index contributed by atoms with van der Waals surface area (Å²) < 4.78 is 34.3. The molecule has 0 spiro atoms. The Labute approximate surface area is 532 Å². The van der Waals surface area contributed by atoms with E-state index in [0.717, 1.165) is 83.5 Å². The van der Waals surface area contributed by atoms with Crippen molar-refractivity contribution in [3.05, 3.63) is 97.2 Å². The highest BCUT2D eigenvalue weighted by Crippen LogP contribution is 2.38. The largest absolute Gasteiger partial charge is 0.756 e. The fourth-order valence-electron chi connectivity index (χ4n) is 10.1. The van der Waals surface area contributed by atoms with Crippen LogP contribution in [0.25, 0.3) is 0 Å². The summed E-state index contributed by atoms with van der Waals surface area (Å²) in [6.45, 7) is 4.11. The summed E-state index contributed by atoms with van der Waals surface area (Å²) in [5.74, 6) is -0.866. The van der Waals surface area contributed by atoms with E-state index in [1.54, 1.807) is 0 Å². The smallest absolute Gasteiger partial charge is 0.306 e. The van der Waals surface area contributed by atoms with E-state index in [2.05, 4.69) is 111 Å². The van der Waals surface area contributed by atoms with E-state index in [1.165, 1.54) is 205 Å². The van der Waals surface area contributed by atoms with Crippen LogP contribution in [-0.4, -0.2) is 70.0 Å². The Bertz CT molecular complexity index is 1770. The molecular weight excluding hydrogens is 1090 g/mol. The van der Waals surface area contributed by atoms with Crippen molar-refractivity contribution < 1.29 is 42.1 Å². The molecule has 0 saturated heterocycles. The van der Waals surface area contributed by atoms with E-state index in [0.29, 0.717) is 17.4 Å². The van der Waals surface area contributed by atoms with Gasteiger partial charge in [-0.2, -0.15) is 0 Å². The molecule has 86 heavy (non-hydrogen) atoms. The van der Waals surface area contributed by atoms with Crippen LogP contribution in [0.3, 0.4) is 0 Å². The van der Waals surface area contributed by atoms with Gasteiger partial charge in [0.2, 0.25) is 0 Å². The molecule has 0 bridgehead atoms. The van der Waals surface area contributed by atoms with E-state index >= 15 is 0 Å². The average Bonchev–Trinajstić information content (AvgIpc) is 3.70. The van der Waals surface area contributed by atoms with Gasteiger partial charge >= 0.3 is 11.9 Å². The minimum atomic E-state index is -4.66. The first-order chi connectivity index (χ1) is 42.0. The highest BCUT2D eigenvalue weighted by atomic mass is 31.2. The number of allylic oxidation sites excluding steroid dienone is 16. The summed E-state index contributed by atoms with van der Waals surface area (Å²) in [6.07, 6.45) is 92.3. The fraction of sp³-hybridized carbons (Fsp3) is 0.763. The van der Waals surface area contributed by atoms with E-state index in [9.17, 15) is 19.0 Å². The first-order valence-corrected chi connectivity index (χ1v) is 37.4. The van der Waals surface area contributed by atoms with Gasteiger partial charge in [0.25, 0.3) is 7.82 Å². The topological polar surface area (TPSA) is 111 Å². The summed E-state index contributed by atoms with van der Waals surface area (Å²) in [4.78, 5) is 38.0. The molecule has 10 heteroatoms. The van der Waals surface area contributed by atoms with Crippen LogP contribution in [0.1, 0.15) is 322 Å². The average molecular weight is 1220 g/mol. The second-order valence-corrected chi connectivity index (χ2v) is 26.6. The Morgan fingerprint density at radius 2 is 0.663 bits per heavy atom. The van der Waals surface area contributed by atoms with Crippen molar-refractivity contribution in [3.8, 4) is 0 Å². The molecule has 498 valence electrons. The Morgan fingerprint density at radius 1 is 0.372 bits per heavy atom. The number of nitrogens with zero attached hydrogens (tertiary/aromatic N) is 1. The van der Waals surface area contributed by atoms with Crippen molar-refractivity contribution in [3.63, 3.8) is 0 Å². The number of unbranched alkanes of at least 4 members (excludes halogenated alkanes) is 36. The molecule has 0 aromatic carbocycles. The van der Waals surface area contributed by atoms with Crippen LogP contribution in [0.5, 0.6) is 0 Å². The fourth-order valence-corrected chi connectivity index (χ4v) is 10.8. The first-order valence-electron chi connectivity index (χ1n) is 35.9. The van der Waals surface area contributed by atoms with Gasteiger partial charge in [-0.05, 0) is 96.3 Å². The van der Waals surface area contributed by atoms with Gasteiger partial charge in [0.15, 0.2) is 6.10 Å². The molecule has 0 aromatic rings. The standard InChI is InChI=1S/C76H136NO8P/c1-6-8-10-12-14-16-18-20-22-24-26-28-30-32-33-34-35-36-37-38-39-40-41-42-43-45-46-48-50-52-54-56-58-60-62-64-66-68-75(78)82-72-74(73-84-86(80,81)83-71-70-77(3,4)5)85-76(79)69-67-65-63-61-59-57-55-53-51-49-47-44-31-29-27-25-23-21-19-17-15-13-11-9-7-2/h9,11,15,17,21,23-24,26-27,29,44,47,51,53,57,59,74H,6-8,10,12-14,16,18-20,22,25,28,30-43,45-46,48-50,52,54-56,58,60-73H2,1-5H3/b11-9-,17-15-,23-21-,26-24-,29-27-,47-44-,53-51-,59-57-. The van der Waals surface area contributed by atoms with Crippen LogP contribution in [0.15, 0.2) is 97.2 Å². The van der Waals surface area contributed by atoms with Gasteiger partial charge in [-0.1, -0.05) is 310 Å². The number of carbonyl (C=O) groups excluding carboxylic acids is 2. The number of rotatable bonds is 66. The number of hydrogen-bond donors (Lipinski definition) is 0. The zero-order valence-corrected chi connectivity index (χ0v) is 57.6. The second kappa shape index (κ2) is 66.4. The molecule has 0 fully saturated rings. The van der Waals surface area contributed by atoms with E-state index in [1.807, 2.05) is 21.1 Å². The quantitative estimate of drug-likeness (QED) is 0.0195. The third kappa shape index (κ3) is 70.0. The minimum absolute atomic E-state index is 0.0412. The van der Waals surface area contributed by atoms with Crippen LogP contribution in [-0.2, 0) is 32.7 Å². The number of carbonyl (C=O) groups is 2. The molecule has 2 unspecified atom stereocenters. The van der Waals surface area contributed by atoms with Gasteiger partial charge < -0.3 is 27.9 Å². The summed E-state index contributed by atoms with van der Waals surface area (Å²) >= 11 is 0. The molecule has 0 N–H and O–H groups in total. The third-order valence-corrected chi connectivity index (χ3v) is 16.6. The number of likely N-dealkylation sites (N-methyl/N-ethyl adjacent to an activating group) is 1. The zero-order chi connectivity index (χ0) is 62.6. The van der Waals surface area contributed by atoms with Crippen molar-refractivity contribution in [1.82, 2.24) is 0 Å². The van der Waals surface area contributed by atoms with Crippen molar-refractivity contribution >= 4 is 19.8 Å². The normalized spacial score (nSPS) is 13.7. The molecular formula is C76H136NO8P. The van der Waals surface area contributed by atoms with Crippen molar-refractivity contribution in [2.24, 2.45) is 0 Å². The van der Waals surface area contributed by atoms with Crippen LogP contribution in [0.4, 0.5) is 0 Å². The molecule has 9 nitrogen and oxygen atoms in total. The number of quaternary nitrogens is 1. The lowest BCUT2D eigenvalue weighted by Crippen LogP contribution is -2.37. The maximum atomic E-state index is 12.8. The second-order valence-electron chi connectivity index (χ2n) is 25.2. The number of hydrogen-bond acceptors (Lipinski definition) is 8. The Kier molecular flexibility index (Phi) is 64.0. The predicted octanol–water partition coefficient (Wildman–Crippen LogP) is 22.9. The Balaban J connectivity index is 4.02. The number of ether oxygens (including phenoxy) is 2. The molecule has 0 heterocycles. The molecule has 0 rings (SSSR count). The zero-order valence-electron chi connectivity index (χ0n) is 56.7. The predicted molar refractivity (Wildman–Crippen MR) is 369 cm³/mol. The molecule has 0 aliphatic carbocycles. The lowest BCUT2D eigenvalue weighted by atomic mass is 10.0. The van der Waals surface area contributed by atoms with Crippen LogP contribution in [0.2, 0.25) is 0 Å². The summed E-state index contributed by atoms with van der Waals surface area (Å²) in [5, 5.41) is 0. The minimum Gasteiger partial charge on any atom is -0.756 e. The Morgan fingerprint density at radius 3 is 1.01 bits per heavy atom. The van der Waals surface area contributed by atoms with Crippen molar-refractivity contribution in [1.29, 1.82) is 0 Å². The van der Waals surface area contributed by atoms with Gasteiger partial charge in [0, 0.05) is 12.8 Å². The molecule has 2 atom stereocenters. The first kappa shape index (κ1) is 82.9. The number of phosphoric ester groups is 1. The summed E-state index contributed by atoms with van der Waals surface area (Å²) in [7, 11) is 1.14. The van der Waals surface area contributed by atoms with Crippen LogP contribution in [0, 0.1) is 0 Å². The van der Waals surface area contributed by atoms with E-state index in [-0.39, 0.29) is 32.0 Å². The Hall–Kier alpha value is -3.07. The lowest BCUT2D eigenvalue weighted by Gasteiger charge is -2.28. The SMILES string of the molecule is CC/C=C\C/C=C\C/C=C\C/C=C\C/C=C\C/C=C\C/C=C\CCCCCC(=O)OC(COC(=O)CCCCCCCCCCCCCCCCCCCCCCCCCCC/C=C\CCCCCCCCCC)COP(=O)([O-])OCC[N+](C)(C)C. The molecule has 0 amide bonds. The van der Waals surface area contributed by atoms with Gasteiger partial charge in [-0.3, -0.25) is 14.2 Å². The highest BCUT2D eigenvalue weighted by Gasteiger charge is 2.22. The van der Waals surface area contributed by atoms with Gasteiger partial charge in [-0.15, -0.1) is 0 Å². The number of esters is 2. The van der Waals surface area contributed by atoms with Gasteiger partial charge in [-0.25, -0.2) is 0 Å². The van der Waals surface area contributed by atoms with Crippen molar-refractivity contribution in [2.45, 2.75) is 328 Å². The maximum absolute atomic E-state index is 12.8. The van der Waals surface area contributed by atoms with Crippen molar-refractivity contribution in [2.75, 3.05) is 47.5 Å². The highest BCUT2D eigenvalue weighted by molar-refractivity contribution is 7.45. The maximum Gasteiger partial charge on any atom is 0.306 e. The van der Waals surface area contributed by atoms with Gasteiger partial charge in [0.05, 0.1) is 27.7 Å². The van der Waals surface area contributed by atoms with E-state index in [4.69, 9.17) is 18.5 Å². The summed E-state index contributed by atoms with van der Waals surface area (Å²) in [5.41, 5.74) is 0. The molecule has 0 aliphatic rings. The molecule has 0 aromatic heterocycles.